The average Bonchev–Trinajstić information content (AvgIpc) is 2.08. The molecule has 1 atom stereocenters. The fraction of sp³-hybridized carbons (Fsp3) is 1.00. The van der Waals surface area contributed by atoms with Crippen LogP contribution in [0.2, 0.25) is 0 Å². The molecule has 1 nitrogen and oxygen atoms in total. The lowest BCUT2D eigenvalue weighted by Gasteiger charge is -2.09. The molecule has 6 heteroatoms. The molecule has 0 radical (unpaired) electrons. The van der Waals surface area contributed by atoms with Gasteiger partial charge in [0.2, 0.25) is 0 Å². The number of rotatable bonds is 7. The van der Waals surface area contributed by atoms with Gasteiger partial charge in [-0.15, -0.1) is 0 Å². The molecule has 0 spiro atoms. The molecule has 1 unspecified atom stereocenters. The Bertz CT molecular complexity index is 141. The highest BCUT2D eigenvalue weighted by molar-refractivity contribution is 8.00. The predicted molar refractivity (Wildman–Crippen MR) is 59.0 cm³/mol. The normalized spacial score (nSPS) is 14.4. The average molecular weight is 247 g/mol. The van der Waals surface area contributed by atoms with Crippen LogP contribution in [0.3, 0.4) is 0 Å². The standard InChI is InChI=1S/C8H16F3NS2/c1-7(13-2)3-4-12-5-6-14-8(9,10)11/h7,12H,3-6H2,1-2H3. The van der Waals surface area contributed by atoms with Crippen LogP contribution >= 0.6 is 23.5 Å². The molecular weight excluding hydrogens is 231 g/mol. The van der Waals surface area contributed by atoms with Crippen molar-refractivity contribution in [2.24, 2.45) is 0 Å². The molecule has 0 fully saturated rings. The molecule has 0 rings (SSSR count). The summed E-state index contributed by atoms with van der Waals surface area (Å²) < 4.78 is 35.0. The van der Waals surface area contributed by atoms with Crippen LogP contribution in [0.1, 0.15) is 13.3 Å². The van der Waals surface area contributed by atoms with E-state index in [0.29, 0.717) is 11.8 Å². The smallest absolute Gasteiger partial charge is 0.316 e. The number of hydrogen-bond donors (Lipinski definition) is 1. The second kappa shape index (κ2) is 7.70. The monoisotopic (exact) mass is 247 g/mol. The van der Waals surface area contributed by atoms with Crippen LogP contribution < -0.4 is 5.32 Å². The fourth-order valence-electron chi connectivity index (χ4n) is 0.787. The van der Waals surface area contributed by atoms with E-state index in [1.807, 2.05) is 6.26 Å². The fourth-order valence-corrected chi connectivity index (χ4v) is 1.62. The van der Waals surface area contributed by atoms with Crippen LogP contribution in [0.5, 0.6) is 0 Å². The van der Waals surface area contributed by atoms with Gasteiger partial charge in [0.1, 0.15) is 0 Å². The molecular formula is C8H16F3NS2. The summed E-state index contributed by atoms with van der Waals surface area (Å²) in [7, 11) is 0. The lowest BCUT2D eigenvalue weighted by Crippen LogP contribution is -2.21. The summed E-state index contributed by atoms with van der Waals surface area (Å²) in [5.41, 5.74) is -4.09. The SMILES string of the molecule is CSC(C)CCNCCSC(F)(F)F. The van der Waals surface area contributed by atoms with E-state index in [-0.39, 0.29) is 17.5 Å². The molecule has 1 N–H and O–H groups in total. The van der Waals surface area contributed by atoms with Crippen molar-refractivity contribution >= 4 is 23.5 Å². The van der Waals surface area contributed by atoms with Crippen molar-refractivity contribution < 1.29 is 13.2 Å². The van der Waals surface area contributed by atoms with Gasteiger partial charge in [0.05, 0.1) is 0 Å². The summed E-state index contributed by atoms with van der Waals surface area (Å²) in [4.78, 5) is 0. The van der Waals surface area contributed by atoms with Crippen molar-refractivity contribution in [3.05, 3.63) is 0 Å². The maximum atomic E-state index is 11.7. The maximum Gasteiger partial charge on any atom is 0.441 e. The van der Waals surface area contributed by atoms with Gasteiger partial charge >= 0.3 is 5.51 Å². The molecule has 0 amide bonds. The summed E-state index contributed by atoms with van der Waals surface area (Å²) in [5.74, 6) is 0.0944. The topological polar surface area (TPSA) is 12.0 Å². The highest BCUT2D eigenvalue weighted by atomic mass is 32.2. The molecule has 0 aliphatic heterocycles. The molecule has 0 saturated carbocycles. The predicted octanol–water partition coefficient (Wildman–Crippen LogP) is 2.97. The van der Waals surface area contributed by atoms with Crippen molar-refractivity contribution in [1.29, 1.82) is 0 Å². The van der Waals surface area contributed by atoms with Crippen molar-refractivity contribution in [3.63, 3.8) is 0 Å². The van der Waals surface area contributed by atoms with E-state index in [4.69, 9.17) is 0 Å². The van der Waals surface area contributed by atoms with Crippen molar-refractivity contribution in [2.45, 2.75) is 24.1 Å². The van der Waals surface area contributed by atoms with Gasteiger partial charge in [-0.3, -0.25) is 0 Å². The van der Waals surface area contributed by atoms with E-state index in [2.05, 4.69) is 12.2 Å². The Balaban J connectivity index is 3.14. The molecule has 0 aromatic rings. The zero-order valence-corrected chi connectivity index (χ0v) is 9.99. The van der Waals surface area contributed by atoms with E-state index in [0.717, 1.165) is 13.0 Å². The highest BCUT2D eigenvalue weighted by Gasteiger charge is 2.27. The second-order valence-corrected chi connectivity index (χ2v) is 5.32. The first-order valence-corrected chi connectivity index (χ1v) is 6.67. The molecule has 0 aromatic heterocycles. The summed E-state index contributed by atoms with van der Waals surface area (Å²) in [6, 6.07) is 0. The molecule has 14 heavy (non-hydrogen) atoms. The lowest BCUT2D eigenvalue weighted by molar-refractivity contribution is -0.0327. The summed E-state index contributed by atoms with van der Waals surface area (Å²) >= 11 is 1.80. The molecule has 0 heterocycles. The molecule has 0 aliphatic rings. The van der Waals surface area contributed by atoms with Crippen LogP contribution in [0.25, 0.3) is 0 Å². The molecule has 0 bridgehead atoms. The Hall–Kier alpha value is 0.450. The third-order valence-electron chi connectivity index (χ3n) is 1.67. The number of hydrogen-bond acceptors (Lipinski definition) is 3. The van der Waals surface area contributed by atoms with Gasteiger partial charge in [0.15, 0.2) is 0 Å². The zero-order valence-electron chi connectivity index (χ0n) is 8.36. The third kappa shape index (κ3) is 10.5. The van der Waals surface area contributed by atoms with Crippen LogP contribution in [0.4, 0.5) is 13.2 Å². The molecule has 86 valence electrons. The summed E-state index contributed by atoms with van der Waals surface area (Å²) in [5, 5.41) is 3.56. The Morgan fingerprint density at radius 1 is 1.29 bits per heavy atom. The maximum absolute atomic E-state index is 11.7. The Morgan fingerprint density at radius 3 is 2.43 bits per heavy atom. The minimum atomic E-state index is -4.09. The minimum Gasteiger partial charge on any atom is -0.316 e. The van der Waals surface area contributed by atoms with Gasteiger partial charge in [0.25, 0.3) is 0 Å². The van der Waals surface area contributed by atoms with Crippen molar-refractivity contribution in [3.8, 4) is 0 Å². The van der Waals surface area contributed by atoms with Crippen LogP contribution in [-0.4, -0.2) is 35.9 Å². The van der Waals surface area contributed by atoms with Crippen molar-refractivity contribution in [1.82, 2.24) is 5.32 Å². The van der Waals surface area contributed by atoms with E-state index < -0.39 is 5.51 Å². The quantitative estimate of drug-likeness (QED) is 0.695. The zero-order chi connectivity index (χ0) is 11.0. The Morgan fingerprint density at radius 2 is 1.93 bits per heavy atom. The van der Waals surface area contributed by atoms with Gasteiger partial charge in [-0.05, 0) is 31.0 Å². The van der Waals surface area contributed by atoms with Crippen molar-refractivity contribution in [2.75, 3.05) is 25.1 Å². The Labute approximate surface area is 91.6 Å². The minimum absolute atomic E-state index is 0.0304. The first-order chi connectivity index (χ1) is 6.45. The van der Waals surface area contributed by atoms with E-state index >= 15 is 0 Å². The van der Waals surface area contributed by atoms with Crippen LogP contribution in [-0.2, 0) is 0 Å². The van der Waals surface area contributed by atoms with Gasteiger partial charge in [-0.1, -0.05) is 6.92 Å². The van der Waals surface area contributed by atoms with Crippen LogP contribution in [0, 0.1) is 0 Å². The van der Waals surface area contributed by atoms with Gasteiger partial charge in [-0.2, -0.15) is 24.9 Å². The number of nitrogens with one attached hydrogen (secondary N) is 1. The first-order valence-electron chi connectivity index (χ1n) is 4.40. The van der Waals surface area contributed by atoms with E-state index in [1.54, 1.807) is 11.8 Å². The molecule has 0 aliphatic carbocycles. The third-order valence-corrected chi connectivity index (χ3v) is 3.45. The molecule has 0 aromatic carbocycles. The van der Waals surface area contributed by atoms with E-state index in [1.165, 1.54) is 0 Å². The molecule has 0 saturated heterocycles. The largest absolute Gasteiger partial charge is 0.441 e. The summed E-state index contributed by atoms with van der Waals surface area (Å²) in [6.45, 7) is 3.32. The van der Waals surface area contributed by atoms with E-state index in [9.17, 15) is 13.2 Å². The van der Waals surface area contributed by atoms with Gasteiger partial charge in [0, 0.05) is 17.5 Å². The Kier molecular flexibility index (Phi) is 7.95. The first kappa shape index (κ1) is 14.5. The number of halogens is 3. The lowest BCUT2D eigenvalue weighted by atomic mass is 10.3. The number of thioether (sulfide) groups is 2. The van der Waals surface area contributed by atoms with Gasteiger partial charge in [-0.25, -0.2) is 0 Å². The second-order valence-electron chi connectivity index (χ2n) is 2.88. The highest BCUT2D eigenvalue weighted by Crippen LogP contribution is 2.29. The van der Waals surface area contributed by atoms with Crippen LogP contribution in [0.15, 0.2) is 0 Å². The summed E-state index contributed by atoms with van der Waals surface area (Å²) in [6.07, 6.45) is 3.03. The number of alkyl halides is 3. The van der Waals surface area contributed by atoms with Gasteiger partial charge < -0.3 is 5.32 Å².